The SMILES string of the molecule is O=C(Nc1cccc(Cl)c1)N(Cc1ccc(F)cc1)Cc1cc2cc3c(cc2[nH]c1=O)OCCO3. The minimum absolute atomic E-state index is 0.0174. The number of fused-ring (bicyclic) bond motifs is 2. The first-order valence-corrected chi connectivity index (χ1v) is 11.3. The molecule has 178 valence electrons. The monoisotopic (exact) mass is 493 g/mol. The number of H-pyrrole nitrogens is 1. The van der Waals surface area contributed by atoms with Gasteiger partial charge < -0.3 is 24.7 Å². The Kier molecular flexibility index (Phi) is 6.29. The van der Waals surface area contributed by atoms with Gasteiger partial charge in [0.25, 0.3) is 5.56 Å². The molecule has 2 amide bonds. The zero-order valence-corrected chi connectivity index (χ0v) is 19.3. The average molecular weight is 494 g/mol. The van der Waals surface area contributed by atoms with Crippen molar-refractivity contribution in [3.05, 3.63) is 99.1 Å². The summed E-state index contributed by atoms with van der Waals surface area (Å²) in [5.41, 5.74) is 1.90. The van der Waals surface area contributed by atoms with Gasteiger partial charge in [-0.3, -0.25) is 4.79 Å². The van der Waals surface area contributed by atoms with E-state index in [9.17, 15) is 14.0 Å². The number of nitrogens with one attached hydrogen (secondary N) is 2. The van der Waals surface area contributed by atoms with Crippen LogP contribution in [0, 0.1) is 5.82 Å². The lowest BCUT2D eigenvalue weighted by molar-refractivity contribution is 0.172. The van der Waals surface area contributed by atoms with Crippen LogP contribution in [0.2, 0.25) is 5.02 Å². The number of nitrogens with zero attached hydrogens (tertiary/aromatic N) is 1. The van der Waals surface area contributed by atoms with Crippen molar-refractivity contribution < 1.29 is 18.7 Å². The second-order valence-electron chi connectivity index (χ2n) is 8.13. The number of urea groups is 1. The summed E-state index contributed by atoms with van der Waals surface area (Å²) in [7, 11) is 0. The number of carbonyl (C=O) groups is 1. The van der Waals surface area contributed by atoms with E-state index in [-0.39, 0.29) is 24.5 Å². The Bertz CT molecular complexity index is 1460. The van der Waals surface area contributed by atoms with Crippen LogP contribution in [0.4, 0.5) is 14.9 Å². The van der Waals surface area contributed by atoms with Crippen molar-refractivity contribution in [2.75, 3.05) is 18.5 Å². The van der Waals surface area contributed by atoms with Gasteiger partial charge >= 0.3 is 6.03 Å². The Morgan fingerprint density at radius 3 is 2.49 bits per heavy atom. The number of hydrogen-bond acceptors (Lipinski definition) is 4. The van der Waals surface area contributed by atoms with E-state index in [2.05, 4.69) is 10.3 Å². The highest BCUT2D eigenvalue weighted by Gasteiger charge is 2.19. The largest absolute Gasteiger partial charge is 0.486 e. The summed E-state index contributed by atoms with van der Waals surface area (Å²) in [5, 5.41) is 4.04. The molecule has 1 aliphatic heterocycles. The van der Waals surface area contributed by atoms with Gasteiger partial charge in [-0.25, -0.2) is 9.18 Å². The number of hydrogen-bond donors (Lipinski definition) is 2. The number of carbonyl (C=O) groups excluding carboxylic acids is 1. The maximum atomic E-state index is 13.4. The van der Waals surface area contributed by atoms with Crippen LogP contribution in [0.5, 0.6) is 11.5 Å². The summed E-state index contributed by atoms with van der Waals surface area (Å²) in [6.07, 6.45) is 0. The Balaban J connectivity index is 1.46. The van der Waals surface area contributed by atoms with E-state index in [1.165, 1.54) is 17.0 Å². The summed E-state index contributed by atoms with van der Waals surface area (Å²) < 4.78 is 24.7. The minimum Gasteiger partial charge on any atom is -0.486 e. The maximum absolute atomic E-state index is 13.4. The summed E-state index contributed by atoms with van der Waals surface area (Å²) in [5.74, 6) is 0.804. The van der Waals surface area contributed by atoms with Crippen molar-refractivity contribution in [1.29, 1.82) is 0 Å². The molecule has 0 unspecified atom stereocenters. The Labute approximate surface area is 205 Å². The molecule has 2 N–H and O–H groups in total. The molecule has 0 saturated carbocycles. The Morgan fingerprint density at radius 2 is 1.74 bits per heavy atom. The first kappa shape index (κ1) is 22.7. The van der Waals surface area contributed by atoms with E-state index in [0.29, 0.717) is 52.1 Å². The van der Waals surface area contributed by atoms with Gasteiger partial charge in [-0.15, -0.1) is 0 Å². The lowest BCUT2D eigenvalue weighted by Crippen LogP contribution is -2.35. The van der Waals surface area contributed by atoms with Crippen molar-refractivity contribution in [2.24, 2.45) is 0 Å². The summed E-state index contributed by atoms with van der Waals surface area (Å²) in [6.45, 7) is 1.07. The highest BCUT2D eigenvalue weighted by molar-refractivity contribution is 6.30. The van der Waals surface area contributed by atoms with Gasteiger partial charge in [-0.2, -0.15) is 0 Å². The molecule has 7 nitrogen and oxygen atoms in total. The molecular weight excluding hydrogens is 473 g/mol. The first-order chi connectivity index (χ1) is 16.9. The van der Waals surface area contributed by atoms with E-state index in [4.69, 9.17) is 21.1 Å². The van der Waals surface area contributed by atoms with Gasteiger partial charge in [0.1, 0.15) is 19.0 Å². The van der Waals surface area contributed by atoms with Crippen molar-refractivity contribution in [2.45, 2.75) is 13.1 Å². The fraction of sp³-hybridized carbons (Fsp3) is 0.154. The van der Waals surface area contributed by atoms with Crippen LogP contribution in [0.3, 0.4) is 0 Å². The standard InChI is InChI=1S/C26H21ClFN3O4/c27-19-2-1-3-21(12-19)29-26(33)31(14-16-4-6-20(28)7-5-16)15-18-10-17-11-23-24(35-9-8-34-23)13-22(17)30-25(18)32/h1-7,10-13H,8-9,14-15H2,(H,29,33)(H,30,32). The molecule has 4 aromatic rings. The van der Waals surface area contributed by atoms with E-state index in [0.717, 1.165) is 5.39 Å². The molecule has 0 saturated heterocycles. The van der Waals surface area contributed by atoms with Gasteiger partial charge in [0, 0.05) is 34.3 Å². The predicted octanol–water partition coefficient (Wildman–Crippen LogP) is 5.33. The van der Waals surface area contributed by atoms with Gasteiger partial charge in [-0.05, 0) is 48.0 Å². The molecule has 0 radical (unpaired) electrons. The molecule has 5 rings (SSSR count). The number of pyridine rings is 1. The maximum Gasteiger partial charge on any atom is 0.322 e. The lowest BCUT2D eigenvalue weighted by atomic mass is 10.1. The molecule has 35 heavy (non-hydrogen) atoms. The second-order valence-corrected chi connectivity index (χ2v) is 8.57. The fourth-order valence-electron chi connectivity index (χ4n) is 3.89. The van der Waals surface area contributed by atoms with Crippen LogP contribution >= 0.6 is 11.6 Å². The molecule has 9 heteroatoms. The van der Waals surface area contributed by atoms with Gasteiger partial charge in [0.15, 0.2) is 11.5 Å². The minimum atomic E-state index is -0.432. The third kappa shape index (κ3) is 5.22. The zero-order valence-electron chi connectivity index (χ0n) is 18.5. The molecule has 0 atom stereocenters. The summed E-state index contributed by atoms with van der Waals surface area (Å²) in [6, 6.07) is 17.5. The quantitative estimate of drug-likeness (QED) is 0.394. The summed E-state index contributed by atoms with van der Waals surface area (Å²) >= 11 is 6.04. The Morgan fingerprint density at radius 1 is 1.00 bits per heavy atom. The number of amides is 2. The number of benzene rings is 3. The average Bonchev–Trinajstić information content (AvgIpc) is 2.84. The molecule has 1 aliphatic rings. The van der Waals surface area contributed by atoms with Crippen molar-refractivity contribution in [3.63, 3.8) is 0 Å². The van der Waals surface area contributed by atoms with Gasteiger partial charge in [0.2, 0.25) is 0 Å². The fourth-order valence-corrected chi connectivity index (χ4v) is 4.08. The Hall–Kier alpha value is -4.04. The third-order valence-corrected chi connectivity index (χ3v) is 5.83. The molecule has 1 aromatic heterocycles. The smallest absolute Gasteiger partial charge is 0.322 e. The van der Waals surface area contributed by atoms with Crippen LogP contribution in [0.15, 0.2) is 71.5 Å². The van der Waals surface area contributed by atoms with E-state index in [1.807, 2.05) is 0 Å². The van der Waals surface area contributed by atoms with Crippen LogP contribution < -0.4 is 20.3 Å². The van der Waals surface area contributed by atoms with Crippen LogP contribution in [-0.4, -0.2) is 29.1 Å². The highest BCUT2D eigenvalue weighted by atomic mass is 35.5. The summed E-state index contributed by atoms with van der Waals surface area (Å²) in [4.78, 5) is 30.5. The number of anilines is 1. The van der Waals surface area contributed by atoms with Crippen molar-refractivity contribution in [1.82, 2.24) is 9.88 Å². The lowest BCUT2D eigenvalue weighted by Gasteiger charge is -2.24. The molecule has 0 bridgehead atoms. The van der Waals surface area contributed by atoms with E-state index < -0.39 is 6.03 Å². The van der Waals surface area contributed by atoms with Crippen molar-refractivity contribution >= 4 is 34.2 Å². The number of aromatic amines is 1. The van der Waals surface area contributed by atoms with Gasteiger partial charge in [-0.1, -0.05) is 29.8 Å². The van der Waals surface area contributed by atoms with Crippen LogP contribution in [0.1, 0.15) is 11.1 Å². The van der Waals surface area contributed by atoms with Crippen molar-refractivity contribution in [3.8, 4) is 11.5 Å². The molecule has 0 spiro atoms. The molecule has 0 aliphatic carbocycles. The number of ether oxygens (including phenoxy) is 2. The van der Waals surface area contributed by atoms with Crippen LogP contribution in [0.25, 0.3) is 10.9 Å². The van der Waals surface area contributed by atoms with E-state index in [1.54, 1.807) is 54.6 Å². The first-order valence-electron chi connectivity index (χ1n) is 11.0. The highest BCUT2D eigenvalue weighted by Crippen LogP contribution is 2.33. The molecule has 0 fully saturated rings. The predicted molar refractivity (Wildman–Crippen MR) is 132 cm³/mol. The normalized spacial score (nSPS) is 12.4. The van der Waals surface area contributed by atoms with Gasteiger partial charge in [0.05, 0.1) is 12.1 Å². The third-order valence-electron chi connectivity index (χ3n) is 5.59. The molecular formula is C26H21ClFN3O4. The topological polar surface area (TPSA) is 83.7 Å². The number of aromatic nitrogens is 1. The number of halogens is 2. The zero-order chi connectivity index (χ0) is 24.4. The molecule has 3 aromatic carbocycles. The van der Waals surface area contributed by atoms with Crippen LogP contribution in [-0.2, 0) is 13.1 Å². The molecule has 2 heterocycles. The second kappa shape index (κ2) is 9.68. The van der Waals surface area contributed by atoms with E-state index >= 15 is 0 Å². The number of rotatable bonds is 5.